The van der Waals surface area contributed by atoms with Gasteiger partial charge in [-0.3, -0.25) is 0 Å². The van der Waals surface area contributed by atoms with Gasteiger partial charge < -0.3 is 4.90 Å². The molecule has 3 aliphatic rings. The van der Waals surface area contributed by atoms with E-state index in [0.29, 0.717) is 0 Å². The Bertz CT molecular complexity index is 3050. The van der Waals surface area contributed by atoms with E-state index in [2.05, 4.69) is 231 Å². The smallest absolute Gasteiger partial charge is 0.0726 e. The zero-order chi connectivity index (χ0) is 39.3. The van der Waals surface area contributed by atoms with E-state index < -0.39 is 5.41 Å². The second-order valence-corrected chi connectivity index (χ2v) is 16.8. The third kappa shape index (κ3) is 4.79. The Morgan fingerprint density at radius 2 is 0.661 bits per heavy atom. The van der Waals surface area contributed by atoms with Gasteiger partial charge in [-0.15, -0.1) is 0 Å². The van der Waals surface area contributed by atoms with Crippen LogP contribution in [0.4, 0.5) is 17.1 Å². The predicted octanol–water partition coefficient (Wildman–Crippen LogP) is 15.1. The summed E-state index contributed by atoms with van der Waals surface area (Å²) in [6.07, 6.45) is 0. The zero-order valence-corrected chi connectivity index (χ0v) is 33.2. The summed E-state index contributed by atoms with van der Waals surface area (Å²) in [5.41, 5.74) is 23.9. The molecule has 0 unspecified atom stereocenters. The van der Waals surface area contributed by atoms with Crippen LogP contribution in [0.3, 0.4) is 0 Å². The van der Waals surface area contributed by atoms with E-state index in [1.807, 2.05) is 0 Å². The molecule has 0 radical (unpaired) electrons. The van der Waals surface area contributed by atoms with Gasteiger partial charge in [-0.1, -0.05) is 184 Å². The van der Waals surface area contributed by atoms with E-state index >= 15 is 0 Å². The highest BCUT2D eigenvalue weighted by Gasteiger charge is 2.51. The molecule has 0 heterocycles. The lowest BCUT2D eigenvalue weighted by molar-refractivity contribution is 0.660. The first-order chi connectivity index (χ1) is 29.0. The van der Waals surface area contributed by atoms with Crippen LogP contribution in [-0.4, -0.2) is 0 Å². The molecule has 1 nitrogen and oxygen atoms in total. The maximum Gasteiger partial charge on any atom is 0.0726 e. The number of benzene rings is 9. The SMILES string of the molecule is CC1(C)c2ccccc2-c2cc(-c3ccc(N(c4ccc(-c5ccccc5)cc4)c4ccc5c(c4)C4(c6ccccc6-c6ccccc64)c4ccccc4-5)cc3)ccc21. The molecule has 3 aliphatic carbocycles. The van der Waals surface area contributed by atoms with Crippen molar-refractivity contribution in [3.8, 4) is 55.6 Å². The average Bonchev–Trinajstić information content (AvgIpc) is 3.85. The first-order valence-electron chi connectivity index (χ1n) is 20.8. The molecule has 0 aromatic heterocycles. The van der Waals surface area contributed by atoms with Gasteiger partial charge in [0.15, 0.2) is 0 Å². The topological polar surface area (TPSA) is 3.24 Å². The average molecular weight is 752 g/mol. The molecule has 0 fully saturated rings. The molecule has 1 heteroatoms. The van der Waals surface area contributed by atoms with Gasteiger partial charge in [0.05, 0.1) is 5.41 Å². The monoisotopic (exact) mass is 751 g/mol. The van der Waals surface area contributed by atoms with E-state index in [4.69, 9.17) is 0 Å². The Morgan fingerprint density at radius 1 is 0.271 bits per heavy atom. The molecule has 0 saturated carbocycles. The first-order valence-corrected chi connectivity index (χ1v) is 20.8. The maximum atomic E-state index is 2.48. The summed E-state index contributed by atoms with van der Waals surface area (Å²) < 4.78 is 0. The lowest BCUT2D eigenvalue weighted by Gasteiger charge is -2.32. The van der Waals surface area contributed by atoms with Crippen LogP contribution in [-0.2, 0) is 10.8 Å². The molecule has 278 valence electrons. The number of hydrogen-bond acceptors (Lipinski definition) is 1. The Hall–Kier alpha value is -7.22. The van der Waals surface area contributed by atoms with Crippen molar-refractivity contribution in [3.05, 3.63) is 246 Å². The Labute approximate surface area is 346 Å². The van der Waals surface area contributed by atoms with E-state index in [0.717, 1.165) is 17.1 Å². The quantitative estimate of drug-likeness (QED) is 0.169. The van der Waals surface area contributed by atoms with Gasteiger partial charge in [0.25, 0.3) is 0 Å². The van der Waals surface area contributed by atoms with Crippen LogP contribution in [0, 0.1) is 0 Å². The minimum Gasteiger partial charge on any atom is -0.310 e. The summed E-state index contributed by atoms with van der Waals surface area (Å²) in [7, 11) is 0. The molecule has 0 atom stereocenters. The van der Waals surface area contributed by atoms with Crippen LogP contribution < -0.4 is 4.90 Å². The fourth-order valence-corrected chi connectivity index (χ4v) is 10.8. The summed E-state index contributed by atoms with van der Waals surface area (Å²) in [4.78, 5) is 2.43. The second kappa shape index (κ2) is 12.6. The molecule has 0 bridgehead atoms. The fourth-order valence-electron chi connectivity index (χ4n) is 10.8. The van der Waals surface area contributed by atoms with Crippen molar-refractivity contribution in [2.75, 3.05) is 4.90 Å². The van der Waals surface area contributed by atoms with Crippen molar-refractivity contribution >= 4 is 17.1 Å². The highest BCUT2D eigenvalue weighted by Crippen LogP contribution is 2.63. The molecule has 1 spiro atoms. The Kier molecular flexibility index (Phi) is 7.26. The first kappa shape index (κ1) is 33.9. The lowest BCUT2D eigenvalue weighted by Crippen LogP contribution is -2.26. The summed E-state index contributed by atoms with van der Waals surface area (Å²) in [5.74, 6) is 0. The number of hydrogen-bond donors (Lipinski definition) is 0. The molecule has 0 N–H and O–H groups in total. The molecule has 0 amide bonds. The highest BCUT2D eigenvalue weighted by atomic mass is 15.1. The summed E-state index contributed by atoms with van der Waals surface area (Å²) in [5, 5.41) is 0. The van der Waals surface area contributed by atoms with E-state index in [9.17, 15) is 0 Å². The van der Waals surface area contributed by atoms with Gasteiger partial charge >= 0.3 is 0 Å². The van der Waals surface area contributed by atoms with Crippen molar-refractivity contribution < 1.29 is 0 Å². The Balaban J connectivity index is 1.02. The standard InChI is InChI=1S/C58H41N/c1-57(2)51-20-10-6-19-48(51)50-36-41(28-35-52(50)57)40-26-31-43(32-27-40)59(42-29-24-39(25-30-42)38-14-4-3-5-15-38)44-33-34-49-47-18-9-13-23-55(47)58(56(49)37-44)53-21-11-7-16-45(53)46-17-8-12-22-54(46)58/h3-37H,1-2H3. The third-order valence-electron chi connectivity index (χ3n) is 13.5. The molecule has 9 aromatic carbocycles. The predicted molar refractivity (Wildman–Crippen MR) is 246 cm³/mol. The van der Waals surface area contributed by atoms with Crippen LogP contribution in [0.2, 0.25) is 0 Å². The number of nitrogens with zero attached hydrogens (tertiary/aromatic N) is 1. The summed E-state index contributed by atoms with van der Waals surface area (Å²) >= 11 is 0. The van der Waals surface area contributed by atoms with Crippen molar-refractivity contribution in [2.24, 2.45) is 0 Å². The molecular weight excluding hydrogens is 711 g/mol. The second-order valence-electron chi connectivity index (χ2n) is 16.8. The summed E-state index contributed by atoms with van der Waals surface area (Å²) in [6.45, 7) is 4.69. The number of anilines is 3. The van der Waals surface area contributed by atoms with Gasteiger partial charge in [0, 0.05) is 22.5 Å². The molecule has 12 rings (SSSR count). The minimum absolute atomic E-state index is 0.0106. The number of rotatable bonds is 5. The van der Waals surface area contributed by atoms with Gasteiger partial charge in [-0.05, 0) is 131 Å². The minimum atomic E-state index is -0.414. The van der Waals surface area contributed by atoms with Crippen molar-refractivity contribution in [1.82, 2.24) is 0 Å². The van der Waals surface area contributed by atoms with Crippen molar-refractivity contribution in [1.29, 1.82) is 0 Å². The molecule has 0 saturated heterocycles. The van der Waals surface area contributed by atoms with Gasteiger partial charge in [0.1, 0.15) is 0 Å². The van der Waals surface area contributed by atoms with E-state index in [1.165, 1.54) is 89.0 Å². The van der Waals surface area contributed by atoms with Crippen LogP contribution >= 0.6 is 0 Å². The van der Waals surface area contributed by atoms with Gasteiger partial charge in [-0.25, -0.2) is 0 Å². The van der Waals surface area contributed by atoms with Crippen molar-refractivity contribution in [3.63, 3.8) is 0 Å². The largest absolute Gasteiger partial charge is 0.310 e. The van der Waals surface area contributed by atoms with Crippen LogP contribution in [0.15, 0.2) is 212 Å². The van der Waals surface area contributed by atoms with Gasteiger partial charge in [-0.2, -0.15) is 0 Å². The zero-order valence-electron chi connectivity index (χ0n) is 33.2. The number of fused-ring (bicyclic) bond motifs is 13. The normalized spacial score (nSPS) is 14.2. The molecule has 9 aromatic rings. The fraction of sp³-hybridized carbons (Fsp3) is 0.0690. The van der Waals surface area contributed by atoms with Crippen LogP contribution in [0.25, 0.3) is 55.6 Å². The van der Waals surface area contributed by atoms with Crippen LogP contribution in [0.1, 0.15) is 47.2 Å². The molecular formula is C58H41N. The van der Waals surface area contributed by atoms with Crippen molar-refractivity contribution in [2.45, 2.75) is 24.7 Å². The highest BCUT2D eigenvalue weighted by molar-refractivity contribution is 5.96. The van der Waals surface area contributed by atoms with Gasteiger partial charge in [0.2, 0.25) is 0 Å². The van der Waals surface area contributed by atoms with E-state index in [1.54, 1.807) is 0 Å². The lowest BCUT2D eigenvalue weighted by atomic mass is 9.70. The molecule has 0 aliphatic heterocycles. The molecule has 59 heavy (non-hydrogen) atoms. The van der Waals surface area contributed by atoms with E-state index in [-0.39, 0.29) is 5.41 Å². The third-order valence-corrected chi connectivity index (χ3v) is 13.5. The maximum absolute atomic E-state index is 2.48. The Morgan fingerprint density at radius 3 is 1.22 bits per heavy atom. The summed E-state index contributed by atoms with van der Waals surface area (Å²) in [6, 6.07) is 79.1. The van der Waals surface area contributed by atoms with Crippen LogP contribution in [0.5, 0.6) is 0 Å².